The van der Waals surface area contributed by atoms with Gasteiger partial charge >= 0.3 is 0 Å². The second-order valence-electron chi connectivity index (χ2n) is 7.07. The molecule has 0 saturated heterocycles. The summed E-state index contributed by atoms with van der Waals surface area (Å²) in [6.45, 7) is 6.82. The van der Waals surface area contributed by atoms with Gasteiger partial charge in [0.1, 0.15) is 18.5 Å². The first-order chi connectivity index (χ1) is 10.2. The van der Waals surface area contributed by atoms with Crippen molar-refractivity contribution in [2.24, 2.45) is 0 Å². The minimum atomic E-state index is -0.718. The van der Waals surface area contributed by atoms with E-state index >= 15 is 0 Å². The Hall–Kier alpha value is -1.14. The maximum absolute atomic E-state index is 9.93. The van der Waals surface area contributed by atoms with Gasteiger partial charge in [-0.3, -0.25) is 0 Å². The first-order valence-corrected chi connectivity index (χ1v) is 7.78. The molecule has 1 aromatic carbocycles. The van der Waals surface area contributed by atoms with Gasteiger partial charge in [0.2, 0.25) is 0 Å². The van der Waals surface area contributed by atoms with Crippen LogP contribution in [0.3, 0.4) is 0 Å². The molecule has 22 heavy (non-hydrogen) atoms. The van der Waals surface area contributed by atoms with Crippen LogP contribution in [0.5, 0.6) is 5.75 Å². The molecule has 5 nitrogen and oxygen atoms in total. The van der Waals surface area contributed by atoms with Gasteiger partial charge in [-0.05, 0) is 44.0 Å². The smallest absolute Gasteiger partial charge is 0.119 e. The zero-order valence-electron chi connectivity index (χ0n) is 13.5. The van der Waals surface area contributed by atoms with Crippen molar-refractivity contribution in [2.75, 3.05) is 13.2 Å². The lowest BCUT2D eigenvalue weighted by Crippen LogP contribution is -2.42. The number of nitrogens with one attached hydrogen (secondary N) is 1. The van der Waals surface area contributed by atoms with Crippen LogP contribution in [0.15, 0.2) is 18.2 Å². The number of ether oxygens (including phenoxy) is 1. The highest BCUT2D eigenvalue weighted by atomic mass is 16.5. The molecule has 3 unspecified atom stereocenters. The molecular formula is C17H27NO4. The van der Waals surface area contributed by atoms with Crippen LogP contribution in [-0.2, 0) is 12.8 Å². The molecule has 124 valence electrons. The molecule has 0 saturated carbocycles. The molecule has 0 heterocycles. The molecule has 0 amide bonds. The topological polar surface area (TPSA) is 82.0 Å². The lowest BCUT2D eigenvalue weighted by atomic mass is 9.88. The molecule has 1 aromatic rings. The van der Waals surface area contributed by atoms with Crippen LogP contribution in [0.1, 0.15) is 31.9 Å². The Morgan fingerprint density at radius 3 is 2.45 bits per heavy atom. The SMILES string of the molecule is CC(C)(C)NCC(O)COc1ccc2c(c1)CC(O)C(O)C2. The highest BCUT2D eigenvalue weighted by molar-refractivity contribution is 5.38. The van der Waals surface area contributed by atoms with Crippen LogP contribution in [0, 0.1) is 0 Å². The van der Waals surface area contributed by atoms with Crippen molar-refractivity contribution in [3.05, 3.63) is 29.3 Å². The third kappa shape index (κ3) is 4.95. The van der Waals surface area contributed by atoms with Crippen LogP contribution in [0.25, 0.3) is 0 Å². The predicted octanol–water partition coefficient (Wildman–Crippen LogP) is 0.635. The summed E-state index contributed by atoms with van der Waals surface area (Å²) < 4.78 is 5.63. The number of aliphatic hydroxyl groups excluding tert-OH is 3. The summed E-state index contributed by atoms with van der Waals surface area (Å²) in [7, 11) is 0. The van der Waals surface area contributed by atoms with E-state index in [0.29, 0.717) is 25.1 Å². The summed E-state index contributed by atoms with van der Waals surface area (Å²) in [6.07, 6.45) is -1.09. The summed E-state index contributed by atoms with van der Waals surface area (Å²) >= 11 is 0. The van der Waals surface area contributed by atoms with E-state index in [2.05, 4.69) is 5.32 Å². The lowest BCUT2D eigenvalue weighted by molar-refractivity contribution is 0.0140. The van der Waals surface area contributed by atoms with Crippen molar-refractivity contribution in [1.29, 1.82) is 0 Å². The number of benzene rings is 1. The van der Waals surface area contributed by atoms with Crippen LogP contribution >= 0.6 is 0 Å². The summed E-state index contributed by atoms with van der Waals surface area (Å²) in [6, 6.07) is 5.64. The monoisotopic (exact) mass is 309 g/mol. The van der Waals surface area contributed by atoms with Gasteiger partial charge in [0, 0.05) is 24.9 Å². The minimum absolute atomic E-state index is 0.0379. The number of fused-ring (bicyclic) bond motifs is 1. The fourth-order valence-electron chi connectivity index (χ4n) is 2.48. The minimum Gasteiger partial charge on any atom is -0.491 e. The number of rotatable bonds is 5. The van der Waals surface area contributed by atoms with Gasteiger partial charge in [0.05, 0.1) is 12.2 Å². The summed E-state index contributed by atoms with van der Waals surface area (Å²) in [4.78, 5) is 0. The van der Waals surface area contributed by atoms with Gasteiger partial charge in [-0.2, -0.15) is 0 Å². The van der Waals surface area contributed by atoms with Gasteiger partial charge in [0.25, 0.3) is 0 Å². The molecule has 1 aliphatic rings. The van der Waals surface area contributed by atoms with E-state index in [1.165, 1.54) is 0 Å². The van der Waals surface area contributed by atoms with E-state index < -0.39 is 18.3 Å². The number of aliphatic hydroxyl groups is 3. The fraction of sp³-hybridized carbons (Fsp3) is 0.647. The first kappa shape index (κ1) is 17.2. The highest BCUT2D eigenvalue weighted by Crippen LogP contribution is 2.26. The predicted molar refractivity (Wildman–Crippen MR) is 85.1 cm³/mol. The Balaban J connectivity index is 1.88. The molecule has 1 aliphatic carbocycles. The molecule has 0 aromatic heterocycles. The maximum Gasteiger partial charge on any atom is 0.119 e. The Morgan fingerprint density at radius 1 is 1.18 bits per heavy atom. The van der Waals surface area contributed by atoms with Gasteiger partial charge in [0.15, 0.2) is 0 Å². The Labute approximate surface area is 131 Å². The normalized spacial score (nSPS) is 23.0. The van der Waals surface area contributed by atoms with Crippen molar-refractivity contribution in [1.82, 2.24) is 5.32 Å². The second-order valence-corrected chi connectivity index (χ2v) is 7.07. The molecule has 4 N–H and O–H groups in total. The van der Waals surface area contributed by atoms with Gasteiger partial charge in [-0.1, -0.05) is 6.07 Å². The lowest BCUT2D eigenvalue weighted by Gasteiger charge is -2.26. The fourth-order valence-corrected chi connectivity index (χ4v) is 2.48. The Bertz CT molecular complexity index is 498. The summed E-state index contributed by atoms with van der Waals surface area (Å²) in [5.74, 6) is 0.678. The van der Waals surface area contributed by atoms with Crippen molar-refractivity contribution >= 4 is 0 Å². The second kappa shape index (κ2) is 6.96. The van der Waals surface area contributed by atoms with Crippen molar-refractivity contribution in [3.8, 4) is 5.75 Å². The van der Waals surface area contributed by atoms with Crippen LogP contribution in [-0.4, -0.2) is 52.3 Å². The first-order valence-electron chi connectivity index (χ1n) is 7.78. The molecular weight excluding hydrogens is 282 g/mol. The van der Waals surface area contributed by atoms with E-state index in [1.807, 2.05) is 39.0 Å². The summed E-state index contributed by atoms with van der Waals surface area (Å²) in [5, 5.41) is 32.6. The molecule has 0 aliphatic heterocycles. The Morgan fingerprint density at radius 2 is 1.82 bits per heavy atom. The van der Waals surface area contributed by atoms with Gasteiger partial charge in [-0.15, -0.1) is 0 Å². The number of β-amino-alcohol motifs (C(OH)–C–C–N with tert-alkyl or cyclic N) is 1. The third-order valence-electron chi connectivity index (χ3n) is 3.79. The van der Waals surface area contributed by atoms with E-state index in [4.69, 9.17) is 4.74 Å². The maximum atomic E-state index is 9.93. The van der Waals surface area contributed by atoms with Gasteiger partial charge < -0.3 is 25.4 Å². The molecule has 0 radical (unpaired) electrons. The zero-order chi connectivity index (χ0) is 16.3. The average Bonchev–Trinajstić information content (AvgIpc) is 2.43. The molecule has 5 heteroatoms. The van der Waals surface area contributed by atoms with Gasteiger partial charge in [-0.25, -0.2) is 0 Å². The van der Waals surface area contributed by atoms with E-state index in [9.17, 15) is 15.3 Å². The van der Waals surface area contributed by atoms with E-state index in [1.54, 1.807) is 0 Å². The summed E-state index contributed by atoms with van der Waals surface area (Å²) in [5.41, 5.74) is 2.00. The molecule has 0 spiro atoms. The van der Waals surface area contributed by atoms with Crippen molar-refractivity contribution in [2.45, 2.75) is 57.5 Å². The quantitative estimate of drug-likeness (QED) is 0.641. The van der Waals surface area contributed by atoms with Crippen molar-refractivity contribution in [3.63, 3.8) is 0 Å². The largest absolute Gasteiger partial charge is 0.491 e. The Kier molecular flexibility index (Phi) is 5.45. The standard InChI is InChI=1S/C17H27NO4/c1-17(2,3)18-9-13(19)10-22-14-5-4-11-7-15(20)16(21)8-12(11)6-14/h4-6,13,15-16,18-21H,7-10H2,1-3H3. The molecule has 3 atom stereocenters. The van der Waals surface area contributed by atoms with Crippen molar-refractivity contribution < 1.29 is 20.1 Å². The molecule has 2 rings (SSSR count). The van der Waals surface area contributed by atoms with Crippen LogP contribution in [0.4, 0.5) is 0 Å². The highest BCUT2D eigenvalue weighted by Gasteiger charge is 2.25. The zero-order valence-corrected chi connectivity index (χ0v) is 13.5. The van der Waals surface area contributed by atoms with Crippen LogP contribution < -0.4 is 10.1 Å². The molecule has 0 fully saturated rings. The number of hydrogen-bond acceptors (Lipinski definition) is 5. The number of hydrogen-bond donors (Lipinski definition) is 4. The molecule has 0 bridgehead atoms. The van der Waals surface area contributed by atoms with E-state index in [-0.39, 0.29) is 12.1 Å². The van der Waals surface area contributed by atoms with Crippen LogP contribution in [0.2, 0.25) is 0 Å². The average molecular weight is 309 g/mol. The third-order valence-corrected chi connectivity index (χ3v) is 3.79. The van der Waals surface area contributed by atoms with E-state index in [0.717, 1.165) is 11.1 Å².